The molecule has 1 aliphatic rings. The van der Waals surface area contributed by atoms with Gasteiger partial charge in [-0.1, -0.05) is 0 Å². The summed E-state index contributed by atoms with van der Waals surface area (Å²) in [5, 5.41) is 0. The quantitative estimate of drug-likeness (QED) is 0.593. The second-order valence-electron chi connectivity index (χ2n) is 3.16. The first-order chi connectivity index (χ1) is 5.24. The number of hydrogen-bond acceptors (Lipinski definition) is 1. The van der Waals surface area contributed by atoms with Gasteiger partial charge in [-0.05, 0) is 18.8 Å². The molecule has 0 N–H and O–H groups in total. The van der Waals surface area contributed by atoms with Crippen molar-refractivity contribution >= 4 is 17.5 Å². The summed E-state index contributed by atoms with van der Waals surface area (Å²) in [7, 11) is 1.85. The van der Waals surface area contributed by atoms with E-state index in [1.165, 1.54) is 12.8 Å². The third-order valence-corrected chi connectivity index (χ3v) is 2.15. The van der Waals surface area contributed by atoms with Gasteiger partial charge in [0.25, 0.3) is 0 Å². The fourth-order valence-corrected chi connectivity index (χ4v) is 1.22. The van der Waals surface area contributed by atoms with Crippen molar-refractivity contribution in [3.8, 4) is 0 Å². The van der Waals surface area contributed by atoms with Gasteiger partial charge in [0.15, 0.2) is 0 Å². The fourth-order valence-electron chi connectivity index (χ4n) is 1.06. The highest BCUT2D eigenvalue weighted by Gasteiger charge is 2.24. The molecule has 0 aromatic rings. The lowest BCUT2D eigenvalue weighted by atomic mass is 10.3. The Hall–Kier alpha value is -0.240. The normalized spacial score (nSPS) is 16.5. The summed E-state index contributed by atoms with van der Waals surface area (Å²) in [5.41, 5.74) is 0. The molecule has 0 spiro atoms. The number of nitrogens with zero attached hydrogens (tertiary/aromatic N) is 1. The molecule has 1 amide bonds. The highest BCUT2D eigenvalue weighted by atomic mass is 35.5. The Morgan fingerprint density at radius 1 is 1.64 bits per heavy atom. The number of rotatable bonds is 4. The highest BCUT2D eigenvalue weighted by Crippen LogP contribution is 2.29. The van der Waals surface area contributed by atoms with E-state index < -0.39 is 0 Å². The van der Waals surface area contributed by atoms with Crippen molar-refractivity contribution in [1.29, 1.82) is 0 Å². The van der Waals surface area contributed by atoms with Crippen molar-refractivity contribution in [3.05, 3.63) is 0 Å². The van der Waals surface area contributed by atoms with E-state index in [0.717, 1.165) is 12.5 Å². The Balaban J connectivity index is 2.15. The van der Waals surface area contributed by atoms with Crippen molar-refractivity contribution in [1.82, 2.24) is 4.90 Å². The van der Waals surface area contributed by atoms with E-state index >= 15 is 0 Å². The standard InChI is InChI=1S/C8H14ClNO/c1-10(6-7-2-3-7)8(11)4-5-9/h7H,2-6H2,1H3. The van der Waals surface area contributed by atoms with Crippen LogP contribution in [-0.2, 0) is 4.79 Å². The molecule has 0 saturated heterocycles. The summed E-state index contributed by atoms with van der Waals surface area (Å²) < 4.78 is 0. The Morgan fingerprint density at radius 3 is 2.73 bits per heavy atom. The minimum absolute atomic E-state index is 0.173. The molecule has 11 heavy (non-hydrogen) atoms. The Labute approximate surface area is 72.5 Å². The number of alkyl halides is 1. The number of hydrogen-bond donors (Lipinski definition) is 0. The summed E-state index contributed by atoms with van der Waals surface area (Å²) in [4.78, 5) is 12.9. The van der Waals surface area contributed by atoms with Gasteiger partial charge in [-0.15, -0.1) is 11.6 Å². The van der Waals surface area contributed by atoms with Crippen LogP contribution in [0.1, 0.15) is 19.3 Å². The van der Waals surface area contributed by atoms with Crippen LogP contribution in [0.4, 0.5) is 0 Å². The van der Waals surface area contributed by atoms with Crippen LogP contribution < -0.4 is 0 Å². The molecular weight excluding hydrogens is 162 g/mol. The first kappa shape index (κ1) is 8.85. The predicted octanol–water partition coefficient (Wildman–Crippen LogP) is 1.48. The molecule has 0 heterocycles. The number of carbonyl (C=O) groups excluding carboxylic acids is 1. The summed E-state index contributed by atoms with van der Waals surface area (Å²) in [6.07, 6.45) is 3.06. The van der Waals surface area contributed by atoms with Gasteiger partial charge in [-0.3, -0.25) is 4.79 Å². The van der Waals surface area contributed by atoms with Gasteiger partial charge < -0.3 is 4.90 Å². The maximum absolute atomic E-state index is 11.1. The van der Waals surface area contributed by atoms with Crippen LogP contribution in [0.5, 0.6) is 0 Å². The third kappa shape index (κ3) is 3.10. The molecule has 1 saturated carbocycles. The molecule has 0 radical (unpaired) electrons. The zero-order valence-electron chi connectivity index (χ0n) is 6.85. The lowest BCUT2D eigenvalue weighted by Gasteiger charge is -2.15. The third-order valence-electron chi connectivity index (χ3n) is 1.96. The molecule has 1 rings (SSSR count). The first-order valence-electron chi connectivity index (χ1n) is 4.04. The van der Waals surface area contributed by atoms with E-state index in [1.807, 2.05) is 7.05 Å². The molecule has 0 aromatic carbocycles. The molecule has 0 atom stereocenters. The van der Waals surface area contributed by atoms with Crippen LogP contribution in [0.25, 0.3) is 0 Å². The van der Waals surface area contributed by atoms with E-state index in [-0.39, 0.29) is 5.91 Å². The van der Waals surface area contributed by atoms with E-state index in [0.29, 0.717) is 12.3 Å². The van der Waals surface area contributed by atoms with E-state index in [4.69, 9.17) is 11.6 Å². The summed E-state index contributed by atoms with van der Waals surface area (Å²) in [5.74, 6) is 1.39. The molecular formula is C8H14ClNO. The average Bonchev–Trinajstić information content (AvgIpc) is 2.72. The Kier molecular flexibility index (Phi) is 3.18. The minimum atomic E-state index is 0.173. The lowest BCUT2D eigenvalue weighted by Crippen LogP contribution is -2.28. The second-order valence-corrected chi connectivity index (χ2v) is 3.53. The first-order valence-corrected chi connectivity index (χ1v) is 4.57. The predicted molar refractivity (Wildman–Crippen MR) is 45.7 cm³/mol. The molecule has 3 heteroatoms. The van der Waals surface area contributed by atoms with Crippen LogP contribution in [0, 0.1) is 5.92 Å². The number of halogens is 1. The van der Waals surface area contributed by atoms with Crippen molar-refractivity contribution in [2.24, 2.45) is 5.92 Å². The molecule has 0 unspecified atom stereocenters. The van der Waals surface area contributed by atoms with E-state index in [9.17, 15) is 4.79 Å². The minimum Gasteiger partial charge on any atom is -0.345 e. The van der Waals surface area contributed by atoms with Crippen molar-refractivity contribution in [2.75, 3.05) is 19.5 Å². The van der Waals surface area contributed by atoms with Crippen molar-refractivity contribution < 1.29 is 4.79 Å². The molecule has 1 aliphatic carbocycles. The lowest BCUT2D eigenvalue weighted by molar-refractivity contribution is -0.129. The van der Waals surface area contributed by atoms with Crippen LogP contribution >= 0.6 is 11.6 Å². The number of carbonyl (C=O) groups is 1. The molecule has 2 nitrogen and oxygen atoms in total. The van der Waals surface area contributed by atoms with E-state index in [1.54, 1.807) is 4.90 Å². The van der Waals surface area contributed by atoms with Crippen LogP contribution in [0.3, 0.4) is 0 Å². The van der Waals surface area contributed by atoms with Gasteiger partial charge in [-0.2, -0.15) is 0 Å². The summed E-state index contributed by atoms with van der Waals surface area (Å²) in [6, 6.07) is 0. The maximum atomic E-state index is 11.1. The Bertz CT molecular complexity index is 145. The zero-order valence-corrected chi connectivity index (χ0v) is 7.60. The van der Waals surface area contributed by atoms with Gasteiger partial charge in [0.2, 0.25) is 5.91 Å². The molecule has 0 aliphatic heterocycles. The van der Waals surface area contributed by atoms with Crippen LogP contribution in [0.15, 0.2) is 0 Å². The second kappa shape index (κ2) is 3.96. The molecule has 1 fully saturated rings. The van der Waals surface area contributed by atoms with Crippen LogP contribution in [-0.4, -0.2) is 30.3 Å². The largest absolute Gasteiger partial charge is 0.345 e. The van der Waals surface area contributed by atoms with Gasteiger partial charge >= 0.3 is 0 Å². The van der Waals surface area contributed by atoms with Crippen LogP contribution in [0.2, 0.25) is 0 Å². The smallest absolute Gasteiger partial charge is 0.223 e. The van der Waals surface area contributed by atoms with Crippen molar-refractivity contribution in [2.45, 2.75) is 19.3 Å². The summed E-state index contributed by atoms with van der Waals surface area (Å²) >= 11 is 5.45. The highest BCUT2D eigenvalue weighted by molar-refractivity contribution is 6.18. The molecule has 64 valence electrons. The van der Waals surface area contributed by atoms with Gasteiger partial charge in [0, 0.05) is 25.9 Å². The summed E-state index contributed by atoms with van der Waals surface area (Å²) in [6.45, 7) is 0.926. The van der Waals surface area contributed by atoms with Gasteiger partial charge in [0.05, 0.1) is 0 Å². The maximum Gasteiger partial charge on any atom is 0.223 e. The Morgan fingerprint density at radius 2 is 2.27 bits per heavy atom. The molecule has 0 bridgehead atoms. The zero-order chi connectivity index (χ0) is 8.27. The van der Waals surface area contributed by atoms with E-state index in [2.05, 4.69) is 0 Å². The van der Waals surface area contributed by atoms with Gasteiger partial charge in [0.1, 0.15) is 0 Å². The van der Waals surface area contributed by atoms with Gasteiger partial charge in [-0.25, -0.2) is 0 Å². The SMILES string of the molecule is CN(CC1CC1)C(=O)CCCl. The average molecular weight is 176 g/mol. The fraction of sp³-hybridized carbons (Fsp3) is 0.875. The number of amides is 1. The van der Waals surface area contributed by atoms with Crippen molar-refractivity contribution in [3.63, 3.8) is 0 Å². The topological polar surface area (TPSA) is 20.3 Å². The molecule has 0 aromatic heterocycles. The monoisotopic (exact) mass is 175 g/mol.